The van der Waals surface area contributed by atoms with E-state index >= 15 is 0 Å². The molecule has 146 valence electrons. The number of aromatic nitrogens is 2. The number of aliphatic hydroxyl groups excluding tert-OH is 1. The summed E-state index contributed by atoms with van der Waals surface area (Å²) >= 11 is 0. The van der Waals surface area contributed by atoms with Gasteiger partial charge in [-0.3, -0.25) is 0 Å². The number of benzene rings is 1. The molecular weight excluding hydrogens is 441 g/mol. The fourth-order valence-electron chi connectivity index (χ4n) is 3.01. The fourth-order valence-corrected chi connectivity index (χ4v) is 3.01. The zero-order chi connectivity index (χ0) is 18.1. The number of para-hydroxylation sites is 2. The first-order valence-electron chi connectivity index (χ1n) is 9.22. The van der Waals surface area contributed by atoms with E-state index < -0.39 is 0 Å². The van der Waals surface area contributed by atoms with Crippen LogP contribution in [-0.2, 0) is 13.6 Å². The Kier molecular flexibility index (Phi) is 10.6. The van der Waals surface area contributed by atoms with Crippen LogP contribution in [0.2, 0.25) is 0 Å². The number of hydrogen-bond acceptors (Lipinski definition) is 3. The van der Waals surface area contributed by atoms with Gasteiger partial charge in [-0.25, -0.2) is 9.98 Å². The molecule has 0 aliphatic carbocycles. The normalized spacial score (nSPS) is 12.7. The van der Waals surface area contributed by atoms with Crippen molar-refractivity contribution in [1.29, 1.82) is 0 Å². The fraction of sp³-hybridized carbons (Fsp3) is 0.579. The third-order valence-corrected chi connectivity index (χ3v) is 4.40. The second-order valence-electron chi connectivity index (χ2n) is 6.32. The van der Waals surface area contributed by atoms with Crippen molar-refractivity contribution in [2.45, 2.75) is 39.7 Å². The molecule has 0 spiro atoms. The van der Waals surface area contributed by atoms with E-state index in [1.165, 1.54) is 0 Å². The smallest absolute Gasteiger partial charge is 0.191 e. The molecule has 1 heterocycles. The Bertz CT molecular complexity index is 680. The first kappa shape index (κ1) is 22.7. The lowest BCUT2D eigenvalue weighted by atomic mass is 10.0. The molecular formula is C19H32IN5O. The van der Waals surface area contributed by atoms with Crippen LogP contribution in [0.15, 0.2) is 29.3 Å². The lowest BCUT2D eigenvalue weighted by Gasteiger charge is -2.18. The average Bonchev–Trinajstić information content (AvgIpc) is 2.94. The first-order chi connectivity index (χ1) is 12.2. The van der Waals surface area contributed by atoms with Crippen LogP contribution in [-0.4, -0.2) is 40.3 Å². The Morgan fingerprint density at radius 3 is 2.65 bits per heavy atom. The summed E-state index contributed by atoms with van der Waals surface area (Å²) < 4.78 is 2.09. The highest BCUT2D eigenvalue weighted by atomic mass is 127. The second kappa shape index (κ2) is 12.1. The van der Waals surface area contributed by atoms with Gasteiger partial charge in [0, 0.05) is 26.7 Å². The number of aliphatic imine (C=N–C) groups is 1. The lowest BCUT2D eigenvalue weighted by Crippen LogP contribution is -2.40. The van der Waals surface area contributed by atoms with E-state index in [0.29, 0.717) is 12.5 Å². The van der Waals surface area contributed by atoms with Crippen LogP contribution in [0.1, 0.15) is 38.9 Å². The molecule has 1 atom stereocenters. The minimum absolute atomic E-state index is 0. The Morgan fingerprint density at radius 1 is 1.23 bits per heavy atom. The van der Waals surface area contributed by atoms with Crippen molar-refractivity contribution in [2.24, 2.45) is 18.0 Å². The number of imidazole rings is 1. The minimum Gasteiger partial charge on any atom is -0.396 e. The van der Waals surface area contributed by atoms with Gasteiger partial charge < -0.3 is 20.3 Å². The quantitative estimate of drug-likeness (QED) is 0.298. The largest absolute Gasteiger partial charge is 0.396 e. The third kappa shape index (κ3) is 6.42. The van der Waals surface area contributed by atoms with Gasteiger partial charge in [0.05, 0.1) is 11.0 Å². The van der Waals surface area contributed by atoms with Crippen molar-refractivity contribution < 1.29 is 5.11 Å². The van der Waals surface area contributed by atoms with Gasteiger partial charge in [-0.2, -0.15) is 0 Å². The summed E-state index contributed by atoms with van der Waals surface area (Å²) in [5.41, 5.74) is 2.12. The van der Waals surface area contributed by atoms with E-state index in [-0.39, 0.29) is 30.6 Å². The summed E-state index contributed by atoms with van der Waals surface area (Å²) in [6, 6.07) is 8.13. The molecule has 0 radical (unpaired) electrons. The topological polar surface area (TPSA) is 74.5 Å². The molecule has 0 aliphatic heterocycles. The van der Waals surface area contributed by atoms with Crippen molar-refractivity contribution in [1.82, 2.24) is 20.2 Å². The van der Waals surface area contributed by atoms with Crippen molar-refractivity contribution in [3.8, 4) is 0 Å². The summed E-state index contributed by atoms with van der Waals surface area (Å²) in [5.74, 6) is 2.21. The highest BCUT2D eigenvalue weighted by Gasteiger charge is 2.10. The third-order valence-electron chi connectivity index (χ3n) is 4.40. The molecule has 7 heteroatoms. The number of halogens is 1. The maximum atomic E-state index is 9.20. The van der Waals surface area contributed by atoms with Gasteiger partial charge in [-0.05, 0) is 37.8 Å². The van der Waals surface area contributed by atoms with E-state index in [2.05, 4.69) is 45.1 Å². The number of nitrogens with one attached hydrogen (secondary N) is 2. The van der Waals surface area contributed by atoms with Gasteiger partial charge >= 0.3 is 0 Å². The Balaban J connectivity index is 0.00000338. The van der Waals surface area contributed by atoms with Crippen LogP contribution in [0.25, 0.3) is 11.0 Å². The molecule has 3 N–H and O–H groups in total. The van der Waals surface area contributed by atoms with E-state index in [4.69, 9.17) is 0 Å². The second-order valence-corrected chi connectivity index (χ2v) is 6.32. The van der Waals surface area contributed by atoms with Crippen molar-refractivity contribution >= 4 is 41.0 Å². The van der Waals surface area contributed by atoms with Crippen LogP contribution in [0, 0.1) is 5.92 Å². The predicted octanol–water partition coefficient (Wildman–Crippen LogP) is 3.05. The number of aryl methyl sites for hydroxylation is 1. The van der Waals surface area contributed by atoms with Crippen molar-refractivity contribution in [2.75, 3.05) is 19.7 Å². The van der Waals surface area contributed by atoms with Crippen LogP contribution in [0.5, 0.6) is 0 Å². The minimum atomic E-state index is 0. The van der Waals surface area contributed by atoms with E-state index in [1.54, 1.807) is 0 Å². The van der Waals surface area contributed by atoms with Gasteiger partial charge in [-0.15, -0.1) is 24.0 Å². The molecule has 1 aromatic heterocycles. The Labute approximate surface area is 173 Å². The first-order valence-corrected chi connectivity index (χ1v) is 9.22. The molecule has 6 nitrogen and oxygen atoms in total. The van der Waals surface area contributed by atoms with Crippen molar-refractivity contribution in [3.05, 3.63) is 30.1 Å². The summed E-state index contributed by atoms with van der Waals surface area (Å²) in [6.07, 6.45) is 3.06. The average molecular weight is 473 g/mol. The highest BCUT2D eigenvalue weighted by molar-refractivity contribution is 14.0. The molecule has 1 aromatic carbocycles. The number of hydrogen-bond donors (Lipinski definition) is 3. The molecule has 2 rings (SSSR count). The highest BCUT2D eigenvalue weighted by Crippen LogP contribution is 2.14. The maximum absolute atomic E-state index is 9.20. The van der Waals surface area contributed by atoms with Gasteiger partial charge in [-0.1, -0.05) is 25.5 Å². The Morgan fingerprint density at radius 2 is 2.00 bits per heavy atom. The lowest BCUT2D eigenvalue weighted by molar-refractivity contribution is 0.251. The van der Waals surface area contributed by atoms with Crippen molar-refractivity contribution in [3.63, 3.8) is 0 Å². The number of nitrogens with zero attached hydrogens (tertiary/aromatic N) is 3. The monoisotopic (exact) mass is 473 g/mol. The molecule has 0 fully saturated rings. The van der Waals surface area contributed by atoms with Crippen LogP contribution in [0.3, 0.4) is 0 Å². The molecule has 0 saturated carbocycles. The molecule has 2 aromatic rings. The number of fused-ring (bicyclic) bond motifs is 1. The van der Waals surface area contributed by atoms with Gasteiger partial charge in [0.1, 0.15) is 12.4 Å². The molecule has 1 unspecified atom stereocenters. The number of aliphatic hydroxyl groups is 1. The van der Waals surface area contributed by atoms with Crippen LogP contribution >= 0.6 is 24.0 Å². The molecule has 0 saturated heterocycles. The molecule has 0 amide bonds. The molecule has 0 aliphatic rings. The summed E-state index contributed by atoms with van der Waals surface area (Å²) in [5, 5.41) is 15.9. The summed E-state index contributed by atoms with van der Waals surface area (Å²) in [4.78, 5) is 9.35. The molecule has 26 heavy (non-hydrogen) atoms. The summed E-state index contributed by atoms with van der Waals surface area (Å²) in [7, 11) is 2.03. The number of rotatable bonds is 9. The van der Waals surface area contributed by atoms with Gasteiger partial charge in [0.2, 0.25) is 0 Å². The zero-order valence-corrected chi connectivity index (χ0v) is 18.4. The van der Waals surface area contributed by atoms with E-state index in [9.17, 15) is 5.11 Å². The van der Waals surface area contributed by atoms with E-state index in [0.717, 1.165) is 55.2 Å². The summed E-state index contributed by atoms with van der Waals surface area (Å²) in [6.45, 7) is 6.63. The standard InChI is InChI=1S/C19H31N5O.HI/c1-4-8-15(11-12-25)13-21-19(20-5-2)22-14-18-23-16-9-6-7-10-17(16)24(18)3;/h6-7,9-10,15,25H,4-5,8,11-14H2,1-3H3,(H2,20,21,22);1H. The Hall–Kier alpha value is -1.35. The predicted molar refractivity (Wildman–Crippen MR) is 119 cm³/mol. The van der Waals surface area contributed by atoms with Crippen LogP contribution in [0.4, 0.5) is 0 Å². The maximum Gasteiger partial charge on any atom is 0.191 e. The number of guanidine groups is 1. The van der Waals surface area contributed by atoms with Gasteiger partial charge in [0.15, 0.2) is 5.96 Å². The van der Waals surface area contributed by atoms with Crippen LogP contribution < -0.4 is 10.6 Å². The zero-order valence-electron chi connectivity index (χ0n) is 16.0. The van der Waals surface area contributed by atoms with E-state index in [1.807, 2.05) is 25.2 Å². The molecule has 0 bridgehead atoms. The van der Waals surface area contributed by atoms with Gasteiger partial charge in [0.25, 0.3) is 0 Å². The SMILES string of the molecule is CCCC(CCO)CNC(=NCc1nc2ccccc2n1C)NCC.I.